The summed E-state index contributed by atoms with van der Waals surface area (Å²) >= 11 is 0. The van der Waals surface area contributed by atoms with E-state index in [1.807, 2.05) is 0 Å². The molecule has 1 fully saturated rings. The molecule has 1 aromatic rings. The van der Waals surface area contributed by atoms with Crippen LogP contribution in [0.2, 0.25) is 0 Å². The van der Waals surface area contributed by atoms with Crippen LogP contribution in [0.4, 0.5) is 14.6 Å². The standard InChI is InChI=1S/C16H25F2N5O2/c1-3-4-11-5-6-20-8-12(11)25-16(19-2)23-14-7-15(22-10-21-14)24-9-13(17)18/h7,10-13,20H,3-6,8-9H2,1-2H3,(H,19,21,22,23). The zero-order valence-electron chi connectivity index (χ0n) is 14.5. The van der Waals surface area contributed by atoms with Crippen LogP contribution in [0.25, 0.3) is 0 Å². The van der Waals surface area contributed by atoms with Crippen molar-refractivity contribution in [2.45, 2.75) is 38.7 Å². The quantitative estimate of drug-likeness (QED) is 0.576. The highest BCUT2D eigenvalue weighted by molar-refractivity contribution is 5.88. The Balaban J connectivity index is 1.96. The first kappa shape index (κ1) is 19.3. The van der Waals surface area contributed by atoms with Gasteiger partial charge in [0, 0.05) is 19.7 Å². The van der Waals surface area contributed by atoms with Crippen molar-refractivity contribution in [2.75, 3.05) is 32.1 Å². The Labute approximate surface area is 146 Å². The van der Waals surface area contributed by atoms with Gasteiger partial charge in [0.25, 0.3) is 12.4 Å². The molecule has 2 unspecified atom stereocenters. The molecular weight excluding hydrogens is 332 g/mol. The fourth-order valence-corrected chi connectivity index (χ4v) is 2.75. The largest absolute Gasteiger partial charge is 0.471 e. The number of rotatable bonds is 7. The Bertz CT molecular complexity index is 557. The number of aliphatic imine (C=N–C) groups is 1. The smallest absolute Gasteiger partial charge is 0.290 e. The lowest BCUT2D eigenvalue weighted by Gasteiger charge is -2.32. The van der Waals surface area contributed by atoms with Crippen LogP contribution in [0, 0.1) is 5.92 Å². The van der Waals surface area contributed by atoms with Crippen molar-refractivity contribution in [2.24, 2.45) is 10.9 Å². The van der Waals surface area contributed by atoms with E-state index < -0.39 is 13.0 Å². The lowest BCUT2D eigenvalue weighted by Crippen LogP contribution is -2.44. The highest BCUT2D eigenvalue weighted by atomic mass is 19.3. The average molecular weight is 357 g/mol. The third-order valence-corrected chi connectivity index (χ3v) is 3.92. The lowest BCUT2D eigenvalue weighted by atomic mass is 9.91. The highest BCUT2D eigenvalue weighted by Crippen LogP contribution is 2.22. The molecule has 25 heavy (non-hydrogen) atoms. The molecule has 2 N–H and O–H groups in total. The number of anilines is 1. The molecule has 0 aliphatic carbocycles. The van der Waals surface area contributed by atoms with E-state index >= 15 is 0 Å². The normalized spacial score (nSPS) is 21.2. The number of nitrogens with one attached hydrogen (secondary N) is 2. The van der Waals surface area contributed by atoms with Crippen molar-refractivity contribution < 1.29 is 18.3 Å². The Hall–Kier alpha value is -2.03. The SMILES string of the molecule is CCCC1CCNCC1OC(=NC)Nc1cc(OCC(F)F)ncn1. The van der Waals surface area contributed by atoms with Gasteiger partial charge in [0.1, 0.15) is 18.2 Å². The molecule has 2 heterocycles. The first-order chi connectivity index (χ1) is 12.1. The second kappa shape index (κ2) is 10.1. The van der Waals surface area contributed by atoms with Gasteiger partial charge in [0.2, 0.25) is 5.88 Å². The molecule has 1 aliphatic heterocycles. The molecule has 1 aliphatic rings. The molecule has 0 spiro atoms. The monoisotopic (exact) mass is 357 g/mol. The van der Waals surface area contributed by atoms with Gasteiger partial charge in [0.15, 0.2) is 6.61 Å². The van der Waals surface area contributed by atoms with Gasteiger partial charge in [-0.2, -0.15) is 0 Å². The van der Waals surface area contributed by atoms with Gasteiger partial charge in [-0.05, 0) is 25.3 Å². The molecule has 0 saturated carbocycles. The zero-order valence-corrected chi connectivity index (χ0v) is 14.5. The van der Waals surface area contributed by atoms with Crippen molar-refractivity contribution in [3.63, 3.8) is 0 Å². The Morgan fingerprint density at radius 3 is 3.04 bits per heavy atom. The van der Waals surface area contributed by atoms with Crippen LogP contribution in [-0.2, 0) is 4.74 Å². The van der Waals surface area contributed by atoms with Crippen LogP contribution in [0.5, 0.6) is 5.88 Å². The van der Waals surface area contributed by atoms with E-state index in [0.717, 1.165) is 32.4 Å². The average Bonchev–Trinajstić information content (AvgIpc) is 2.61. The number of aromatic nitrogens is 2. The number of halogens is 2. The van der Waals surface area contributed by atoms with Gasteiger partial charge in [0.05, 0.1) is 0 Å². The summed E-state index contributed by atoms with van der Waals surface area (Å²) in [5, 5.41) is 6.28. The number of alkyl halides is 2. The first-order valence-electron chi connectivity index (χ1n) is 8.46. The molecule has 0 bridgehead atoms. The molecule has 0 radical (unpaired) electrons. The number of amidine groups is 1. The summed E-state index contributed by atoms with van der Waals surface area (Å²) in [7, 11) is 1.61. The summed E-state index contributed by atoms with van der Waals surface area (Å²) in [6, 6.07) is 1.76. The number of nitrogens with zero attached hydrogens (tertiary/aromatic N) is 3. The van der Waals surface area contributed by atoms with Gasteiger partial charge < -0.3 is 14.8 Å². The number of piperidine rings is 1. The number of hydrogen-bond acceptors (Lipinski definition) is 6. The maximum absolute atomic E-state index is 12.2. The molecule has 1 saturated heterocycles. The Kier molecular flexibility index (Phi) is 7.77. The second-order valence-corrected chi connectivity index (χ2v) is 5.80. The maximum atomic E-state index is 12.2. The van der Waals surface area contributed by atoms with Crippen LogP contribution in [0.1, 0.15) is 26.2 Å². The van der Waals surface area contributed by atoms with Crippen LogP contribution >= 0.6 is 0 Å². The van der Waals surface area contributed by atoms with Crippen molar-refractivity contribution in [3.8, 4) is 5.88 Å². The fraction of sp³-hybridized carbons (Fsp3) is 0.688. The van der Waals surface area contributed by atoms with E-state index in [2.05, 4.69) is 32.5 Å². The Morgan fingerprint density at radius 1 is 1.48 bits per heavy atom. The van der Waals surface area contributed by atoms with Gasteiger partial charge in [-0.3, -0.25) is 5.32 Å². The van der Waals surface area contributed by atoms with Gasteiger partial charge in [-0.1, -0.05) is 13.3 Å². The van der Waals surface area contributed by atoms with Gasteiger partial charge in [-0.25, -0.2) is 23.7 Å². The molecule has 1 aromatic heterocycles. The van der Waals surface area contributed by atoms with Crippen molar-refractivity contribution in [1.82, 2.24) is 15.3 Å². The van der Waals surface area contributed by atoms with Crippen molar-refractivity contribution in [3.05, 3.63) is 12.4 Å². The molecule has 0 amide bonds. The minimum atomic E-state index is -2.56. The van der Waals surface area contributed by atoms with E-state index in [1.165, 1.54) is 12.4 Å². The van der Waals surface area contributed by atoms with Gasteiger partial charge in [-0.15, -0.1) is 0 Å². The predicted octanol–water partition coefficient (Wildman–Crippen LogP) is 2.31. The third-order valence-electron chi connectivity index (χ3n) is 3.92. The highest BCUT2D eigenvalue weighted by Gasteiger charge is 2.27. The topological polar surface area (TPSA) is 80.7 Å². The van der Waals surface area contributed by atoms with Crippen LogP contribution < -0.4 is 15.4 Å². The molecule has 2 atom stereocenters. The second-order valence-electron chi connectivity index (χ2n) is 5.80. The summed E-state index contributed by atoms with van der Waals surface area (Å²) in [6.45, 7) is 3.20. The molecule has 9 heteroatoms. The summed E-state index contributed by atoms with van der Waals surface area (Å²) in [5.41, 5.74) is 0. The summed E-state index contributed by atoms with van der Waals surface area (Å²) in [4.78, 5) is 11.9. The fourth-order valence-electron chi connectivity index (χ4n) is 2.75. The van der Waals surface area contributed by atoms with Crippen LogP contribution in [-0.4, -0.2) is 55.3 Å². The summed E-state index contributed by atoms with van der Waals surface area (Å²) < 4.78 is 35.3. The van der Waals surface area contributed by atoms with Gasteiger partial charge >= 0.3 is 0 Å². The number of hydrogen-bond donors (Lipinski definition) is 2. The van der Waals surface area contributed by atoms with Crippen molar-refractivity contribution in [1.29, 1.82) is 0 Å². The summed E-state index contributed by atoms with van der Waals surface area (Å²) in [5.74, 6) is 0.909. The van der Waals surface area contributed by atoms with E-state index in [1.54, 1.807) is 7.05 Å². The van der Waals surface area contributed by atoms with Crippen molar-refractivity contribution >= 4 is 11.8 Å². The molecule has 140 valence electrons. The van der Waals surface area contributed by atoms with E-state index in [4.69, 9.17) is 9.47 Å². The first-order valence-corrected chi connectivity index (χ1v) is 8.46. The minimum Gasteiger partial charge on any atom is -0.471 e. The molecule has 7 nitrogen and oxygen atoms in total. The van der Waals surface area contributed by atoms with Crippen LogP contribution in [0.3, 0.4) is 0 Å². The van der Waals surface area contributed by atoms with E-state index in [0.29, 0.717) is 17.8 Å². The Morgan fingerprint density at radius 2 is 2.32 bits per heavy atom. The van der Waals surface area contributed by atoms with Crippen LogP contribution in [0.15, 0.2) is 17.4 Å². The minimum absolute atomic E-state index is 0.0243. The molecule has 0 aromatic carbocycles. The number of ether oxygens (including phenoxy) is 2. The molecular formula is C16H25F2N5O2. The third kappa shape index (κ3) is 6.41. The lowest BCUT2D eigenvalue weighted by molar-refractivity contribution is 0.0795. The predicted molar refractivity (Wildman–Crippen MR) is 91.3 cm³/mol. The van der Waals surface area contributed by atoms with E-state index in [9.17, 15) is 8.78 Å². The molecule has 2 rings (SSSR count). The zero-order chi connectivity index (χ0) is 18.1. The maximum Gasteiger partial charge on any atom is 0.290 e. The summed E-state index contributed by atoms with van der Waals surface area (Å²) in [6.07, 6.45) is 1.97. The van der Waals surface area contributed by atoms with E-state index in [-0.39, 0.29) is 12.0 Å².